The molecule has 0 bridgehead atoms. The Morgan fingerprint density at radius 2 is 2.00 bits per heavy atom. The summed E-state index contributed by atoms with van der Waals surface area (Å²) in [5.41, 5.74) is 0.0977. The fourth-order valence-electron chi connectivity index (χ4n) is 1.10. The average Bonchev–Trinajstić information content (AvgIpc) is 2.11. The molecule has 1 aromatic carbocycles. The number of nitrogens with zero attached hydrogens (tertiary/aromatic N) is 1. The Labute approximate surface area is 80.1 Å². The predicted molar refractivity (Wildman–Crippen MR) is 50.3 cm³/mol. The first-order valence-corrected chi connectivity index (χ1v) is 3.86. The van der Waals surface area contributed by atoms with Crippen molar-refractivity contribution >= 4 is 5.69 Å². The molecule has 0 aliphatic heterocycles. The SMILES string of the molecule is C=CCc1cc(O)c(O)cc1[N+](=O)[O-]. The van der Waals surface area contributed by atoms with Crippen molar-refractivity contribution in [3.63, 3.8) is 0 Å². The second kappa shape index (κ2) is 3.78. The molecule has 0 fully saturated rings. The molecule has 14 heavy (non-hydrogen) atoms. The maximum atomic E-state index is 10.5. The van der Waals surface area contributed by atoms with Crippen LogP contribution in [0, 0.1) is 10.1 Å². The molecule has 5 heteroatoms. The van der Waals surface area contributed by atoms with Gasteiger partial charge in [0.15, 0.2) is 11.5 Å². The zero-order chi connectivity index (χ0) is 10.7. The molecule has 74 valence electrons. The molecule has 0 unspecified atom stereocenters. The third-order valence-electron chi connectivity index (χ3n) is 1.74. The molecule has 0 aliphatic rings. The lowest BCUT2D eigenvalue weighted by molar-refractivity contribution is -0.385. The molecule has 1 rings (SSSR count). The van der Waals surface area contributed by atoms with Crippen molar-refractivity contribution < 1.29 is 15.1 Å². The fraction of sp³-hybridized carbons (Fsp3) is 0.111. The molecule has 0 amide bonds. The van der Waals surface area contributed by atoms with Gasteiger partial charge in [-0.25, -0.2) is 0 Å². The number of hydrogen-bond acceptors (Lipinski definition) is 4. The molecule has 1 aromatic rings. The minimum absolute atomic E-state index is 0.222. The lowest BCUT2D eigenvalue weighted by Gasteiger charge is -2.02. The molecule has 0 saturated heterocycles. The van der Waals surface area contributed by atoms with Crippen molar-refractivity contribution in [3.05, 3.63) is 40.5 Å². The number of nitro groups is 1. The molecule has 0 heterocycles. The van der Waals surface area contributed by atoms with Gasteiger partial charge in [-0.15, -0.1) is 6.58 Å². The average molecular weight is 195 g/mol. The smallest absolute Gasteiger partial charge is 0.276 e. The number of allylic oxidation sites excluding steroid dienone is 1. The van der Waals surface area contributed by atoms with Gasteiger partial charge in [0.1, 0.15) is 0 Å². The van der Waals surface area contributed by atoms with Gasteiger partial charge in [-0.1, -0.05) is 6.08 Å². The van der Waals surface area contributed by atoms with Crippen LogP contribution in [0.3, 0.4) is 0 Å². The van der Waals surface area contributed by atoms with Crippen LogP contribution in [0.25, 0.3) is 0 Å². The summed E-state index contributed by atoms with van der Waals surface area (Å²) in [6.45, 7) is 3.44. The quantitative estimate of drug-likeness (QED) is 0.333. The summed E-state index contributed by atoms with van der Waals surface area (Å²) in [6, 6.07) is 2.09. The number of phenols is 2. The highest BCUT2D eigenvalue weighted by Gasteiger charge is 2.16. The first-order valence-electron chi connectivity index (χ1n) is 3.86. The summed E-state index contributed by atoms with van der Waals surface area (Å²) in [5, 5.41) is 28.7. The maximum Gasteiger partial charge on any atom is 0.276 e. The van der Waals surface area contributed by atoms with E-state index in [4.69, 9.17) is 10.2 Å². The summed E-state index contributed by atoms with van der Waals surface area (Å²) < 4.78 is 0. The summed E-state index contributed by atoms with van der Waals surface area (Å²) in [4.78, 5) is 9.93. The first kappa shape index (κ1) is 10.0. The maximum absolute atomic E-state index is 10.5. The lowest BCUT2D eigenvalue weighted by atomic mass is 10.1. The number of phenolic OH excluding ortho intramolecular Hbond substituents is 2. The van der Waals surface area contributed by atoms with Gasteiger partial charge in [0.05, 0.1) is 11.0 Å². The second-order valence-corrected chi connectivity index (χ2v) is 2.72. The molecule has 0 atom stereocenters. The van der Waals surface area contributed by atoms with E-state index in [1.165, 1.54) is 6.08 Å². The second-order valence-electron chi connectivity index (χ2n) is 2.72. The van der Waals surface area contributed by atoms with Crippen LogP contribution in [0.5, 0.6) is 11.5 Å². The Kier molecular flexibility index (Phi) is 2.71. The normalized spacial score (nSPS) is 9.71. The van der Waals surface area contributed by atoms with E-state index in [0.29, 0.717) is 5.56 Å². The van der Waals surface area contributed by atoms with Crippen molar-refractivity contribution in [1.82, 2.24) is 0 Å². The van der Waals surface area contributed by atoms with E-state index in [1.54, 1.807) is 0 Å². The van der Waals surface area contributed by atoms with Gasteiger partial charge in [-0.3, -0.25) is 10.1 Å². The Morgan fingerprint density at radius 1 is 1.43 bits per heavy atom. The number of hydrogen-bond donors (Lipinski definition) is 2. The zero-order valence-corrected chi connectivity index (χ0v) is 7.30. The first-order chi connectivity index (χ1) is 6.56. The standard InChI is InChI=1S/C9H9NO4/c1-2-3-6-4-8(11)9(12)5-7(6)10(13)14/h2,4-5,11-12H,1,3H2. The third-order valence-corrected chi connectivity index (χ3v) is 1.74. The van der Waals surface area contributed by atoms with E-state index in [0.717, 1.165) is 12.1 Å². The highest BCUT2D eigenvalue weighted by molar-refractivity contribution is 5.53. The monoisotopic (exact) mass is 195 g/mol. The molecule has 0 aliphatic carbocycles. The van der Waals surface area contributed by atoms with Gasteiger partial charge in [-0.2, -0.15) is 0 Å². The van der Waals surface area contributed by atoms with Crippen LogP contribution in [0.1, 0.15) is 5.56 Å². The minimum Gasteiger partial charge on any atom is -0.504 e. The van der Waals surface area contributed by atoms with Gasteiger partial charge in [0, 0.05) is 5.56 Å². The van der Waals surface area contributed by atoms with Crippen molar-refractivity contribution in [2.45, 2.75) is 6.42 Å². The molecule has 0 aromatic heterocycles. The summed E-state index contributed by atoms with van der Waals surface area (Å²) in [7, 11) is 0. The third kappa shape index (κ3) is 1.82. The minimum atomic E-state index is -0.613. The van der Waals surface area contributed by atoms with E-state index in [-0.39, 0.29) is 17.9 Å². The summed E-state index contributed by atoms with van der Waals surface area (Å²) in [5.74, 6) is -0.864. The molecule has 0 spiro atoms. The molecular formula is C9H9NO4. The Morgan fingerprint density at radius 3 is 2.50 bits per heavy atom. The van der Waals surface area contributed by atoms with E-state index in [9.17, 15) is 10.1 Å². The van der Waals surface area contributed by atoms with E-state index >= 15 is 0 Å². The van der Waals surface area contributed by atoms with Gasteiger partial charge in [0.25, 0.3) is 5.69 Å². The van der Waals surface area contributed by atoms with Gasteiger partial charge in [0.2, 0.25) is 0 Å². The van der Waals surface area contributed by atoms with Crippen LogP contribution in [0.4, 0.5) is 5.69 Å². The number of aromatic hydroxyl groups is 2. The molecule has 5 nitrogen and oxygen atoms in total. The van der Waals surface area contributed by atoms with E-state index in [1.807, 2.05) is 0 Å². The highest BCUT2D eigenvalue weighted by atomic mass is 16.6. The highest BCUT2D eigenvalue weighted by Crippen LogP contribution is 2.32. The van der Waals surface area contributed by atoms with Crippen molar-refractivity contribution in [3.8, 4) is 11.5 Å². The molecule has 0 radical (unpaired) electrons. The molecular weight excluding hydrogens is 186 g/mol. The van der Waals surface area contributed by atoms with Crippen LogP contribution in [-0.4, -0.2) is 15.1 Å². The molecule has 0 saturated carbocycles. The van der Waals surface area contributed by atoms with Gasteiger partial charge < -0.3 is 10.2 Å². The topological polar surface area (TPSA) is 83.6 Å². The number of nitro benzene ring substituents is 1. The van der Waals surface area contributed by atoms with Crippen LogP contribution in [0.15, 0.2) is 24.8 Å². The lowest BCUT2D eigenvalue weighted by Crippen LogP contribution is -1.94. The molecule has 2 N–H and O–H groups in total. The Bertz CT molecular complexity index is 387. The summed E-state index contributed by atoms with van der Waals surface area (Å²) in [6.07, 6.45) is 1.75. The fourth-order valence-corrected chi connectivity index (χ4v) is 1.10. The Hall–Kier alpha value is -2.04. The van der Waals surface area contributed by atoms with E-state index < -0.39 is 10.7 Å². The van der Waals surface area contributed by atoms with Crippen LogP contribution >= 0.6 is 0 Å². The zero-order valence-electron chi connectivity index (χ0n) is 7.30. The predicted octanol–water partition coefficient (Wildman–Crippen LogP) is 1.73. The van der Waals surface area contributed by atoms with Crippen LogP contribution in [-0.2, 0) is 6.42 Å². The largest absolute Gasteiger partial charge is 0.504 e. The van der Waals surface area contributed by atoms with Gasteiger partial charge >= 0.3 is 0 Å². The Balaban J connectivity index is 3.30. The van der Waals surface area contributed by atoms with Crippen molar-refractivity contribution in [1.29, 1.82) is 0 Å². The summed E-state index contributed by atoms with van der Waals surface area (Å²) >= 11 is 0. The van der Waals surface area contributed by atoms with E-state index in [2.05, 4.69) is 6.58 Å². The van der Waals surface area contributed by atoms with Gasteiger partial charge in [-0.05, 0) is 12.5 Å². The van der Waals surface area contributed by atoms with Crippen molar-refractivity contribution in [2.75, 3.05) is 0 Å². The number of rotatable bonds is 3. The van der Waals surface area contributed by atoms with Crippen LogP contribution < -0.4 is 0 Å². The van der Waals surface area contributed by atoms with Crippen molar-refractivity contribution in [2.24, 2.45) is 0 Å². The number of benzene rings is 1. The van der Waals surface area contributed by atoms with Crippen LogP contribution in [0.2, 0.25) is 0 Å².